The fourth-order valence-corrected chi connectivity index (χ4v) is 4.84. The van der Waals surface area contributed by atoms with E-state index in [2.05, 4.69) is 32.7 Å². The summed E-state index contributed by atoms with van der Waals surface area (Å²) in [6, 6.07) is 11.9. The molecule has 4 heterocycles. The minimum atomic E-state index is -0.139. The first-order chi connectivity index (χ1) is 14.5. The van der Waals surface area contributed by atoms with E-state index >= 15 is 0 Å². The van der Waals surface area contributed by atoms with Gasteiger partial charge in [0.05, 0.1) is 26.3 Å². The molecule has 150 valence electrons. The lowest BCUT2D eigenvalue weighted by atomic mass is 10.2. The maximum absolute atomic E-state index is 12.2. The molecule has 0 saturated heterocycles. The summed E-state index contributed by atoms with van der Waals surface area (Å²) < 4.78 is 4.77. The number of aromatic nitrogens is 4. The van der Waals surface area contributed by atoms with Crippen LogP contribution >= 0.6 is 11.3 Å². The molecular formula is C22H20N6OS. The molecule has 0 aliphatic heterocycles. The number of anilines is 2. The number of amides is 1. The zero-order chi connectivity index (χ0) is 20.8. The van der Waals surface area contributed by atoms with E-state index in [1.54, 1.807) is 29.1 Å². The molecule has 0 spiro atoms. The van der Waals surface area contributed by atoms with Crippen LogP contribution in [0.2, 0.25) is 0 Å². The van der Waals surface area contributed by atoms with E-state index in [-0.39, 0.29) is 6.03 Å². The number of carbonyl (C=O) groups is 1. The van der Waals surface area contributed by atoms with Gasteiger partial charge < -0.3 is 15.2 Å². The van der Waals surface area contributed by atoms with Gasteiger partial charge in [-0.25, -0.2) is 9.78 Å². The van der Waals surface area contributed by atoms with Crippen LogP contribution in [-0.2, 0) is 7.05 Å². The summed E-state index contributed by atoms with van der Waals surface area (Å²) >= 11 is 1.67. The molecule has 1 amide bonds. The van der Waals surface area contributed by atoms with E-state index in [4.69, 9.17) is 0 Å². The van der Waals surface area contributed by atoms with E-state index in [0.717, 1.165) is 48.9 Å². The molecule has 0 atom stereocenters. The van der Waals surface area contributed by atoms with Gasteiger partial charge in [-0.1, -0.05) is 0 Å². The molecule has 0 bridgehead atoms. The second kappa shape index (κ2) is 7.00. The predicted octanol–water partition coefficient (Wildman–Crippen LogP) is 4.89. The van der Waals surface area contributed by atoms with Crippen molar-refractivity contribution in [3.05, 3.63) is 60.7 Å². The largest absolute Gasteiger partial charge is 0.354 e. The minimum Gasteiger partial charge on any atom is -0.354 e. The summed E-state index contributed by atoms with van der Waals surface area (Å²) in [5.41, 5.74) is 4.66. The molecule has 0 radical (unpaired) electrons. The van der Waals surface area contributed by atoms with E-state index in [9.17, 15) is 4.79 Å². The average Bonchev–Trinajstić information content (AvgIpc) is 3.43. The number of aryl methyl sites for hydroxylation is 2. The summed E-state index contributed by atoms with van der Waals surface area (Å²) in [5, 5.41) is 7.21. The van der Waals surface area contributed by atoms with Crippen molar-refractivity contribution >= 4 is 49.9 Å². The number of fused-ring (bicyclic) bond motifs is 2. The Kier molecular flexibility index (Phi) is 4.29. The number of benzene rings is 1. The summed E-state index contributed by atoms with van der Waals surface area (Å²) in [6.07, 6.45) is 5.55. The fraction of sp³-hybridized carbons (Fsp3) is 0.136. The van der Waals surface area contributed by atoms with Crippen molar-refractivity contribution in [2.24, 2.45) is 7.05 Å². The minimum absolute atomic E-state index is 0.139. The zero-order valence-electron chi connectivity index (χ0n) is 16.8. The monoisotopic (exact) mass is 416 g/mol. The normalized spacial score (nSPS) is 11.3. The number of nitrogens with one attached hydrogen (secondary N) is 2. The van der Waals surface area contributed by atoms with Gasteiger partial charge in [-0.2, -0.15) is 0 Å². The molecule has 7 nitrogen and oxygen atoms in total. The van der Waals surface area contributed by atoms with Crippen LogP contribution in [0.4, 0.5) is 16.2 Å². The van der Waals surface area contributed by atoms with E-state index < -0.39 is 0 Å². The molecule has 5 aromatic rings. The third-order valence-corrected chi connectivity index (χ3v) is 6.29. The number of thiophene rings is 1. The Hall–Kier alpha value is -3.65. The first-order valence-corrected chi connectivity index (χ1v) is 10.3. The molecular weight excluding hydrogens is 396 g/mol. The molecule has 5 rings (SSSR count). The first kappa shape index (κ1) is 18.4. The summed E-state index contributed by atoms with van der Waals surface area (Å²) in [7, 11) is 3.62. The van der Waals surface area contributed by atoms with Gasteiger partial charge >= 0.3 is 6.03 Å². The van der Waals surface area contributed by atoms with Gasteiger partial charge in [0.25, 0.3) is 0 Å². The maximum Gasteiger partial charge on any atom is 0.325 e. The Morgan fingerprint density at radius 2 is 1.97 bits per heavy atom. The highest BCUT2D eigenvalue weighted by Gasteiger charge is 2.14. The van der Waals surface area contributed by atoms with Crippen molar-refractivity contribution in [3.8, 4) is 10.7 Å². The Morgan fingerprint density at radius 1 is 1.10 bits per heavy atom. The van der Waals surface area contributed by atoms with Gasteiger partial charge in [-0.05, 0) is 43.3 Å². The molecule has 0 fully saturated rings. The third-order valence-electron chi connectivity index (χ3n) is 5.13. The summed E-state index contributed by atoms with van der Waals surface area (Å²) in [6.45, 7) is 1.93. The Balaban J connectivity index is 1.54. The fourth-order valence-electron chi connectivity index (χ4n) is 3.72. The van der Waals surface area contributed by atoms with Crippen molar-refractivity contribution in [3.63, 3.8) is 0 Å². The lowest BCUT2D eigenvalue weighted by molar-refractivity contribution is 0.245. The lowest BCUT2D eigenvalue weighted by Crippen LogP contribution is -2.25. The van der Waals surface area contributed by atoms with Crippen LogP contribution in [-0.4, -0.2) is 32.2 Å². The number of carbonyl (C=O) groups excluding carboxylic acids is 1. The molecule has 2 N–H and O–H groups in total. The molecule has 0 aliphatic rings. The van der Waals surface area contributed by atoms with Crippen LogP contribution in [0.25, 0.3) is 31.8 Å². The van der Waals surface area contributed by atoms with E-state index in [1.165, 1.54) is 0 Å². The first-order valence-electron chi connectivity index (χ1n) is 9.52. The molecule has 30 heavy (non-hydrogen) atoms. The highest BCUT2D eigenvalue weighted by atomic mass is 32.1. The number of nitrogens with zero attached hydrogens (tertiary/aromatic N) is 4. The molecule has 0 aliphatic carbocycles. The quantitative estimate of drug-likeness (QED) is 0.439. The Labute approximate surface area is 177 Å². The van der Waals surface area contributed by atoms with Gasteiger partial charge in [0.2, 0.25) is 0 Å². The second-order valence-electron chi connectivity index (χ2n) is 7.12. The van der Waals surface area contributed by atoms with Gasteiger partial charge in [-0.3, -0.25) is 9.55 Å². The van der Waals surface area contributed by atoms with Gasteiger partial charge in [-0.15, -0.1) is 11.3 Å². The maximum atomic E-state index is 12.2. The van der Waals surface area contributed by atoms with Gasteiger partial charge in [0.1, 0.15) is 5.82 Å². The molecule has 0 saturated carbocycles. The van der Waals surface area contributed by atoms with E-state index in [1.807, 2.05) is 55.2 Å². The van der Waals surface area contributed by atoms with Crippen molar-refractivity contribution in [1.82, 2.24) is 24.4 Å². The molecule has 0 unspecified atom stereocenters. The smallest absolute Gasteiger partial charge is 0.325 e. The van der Waals surface area contributed by atoms with Crippen LogP contribution in [0.15, 0.2) is 55.0 Å². The number of hydrogen-bond acceptors (Lipinski definition) is 5. The molecule has 1 aromatic carbocycles. The SMILES string of the molecule is CNC(=O)n1c(C)cc2cc(Nc3ccnc4cc(-c5nccn5C)sc34)ccc21. The van der Waals surface area contributed by atoms with Gasteiger partial charge in [0.15, 0.2) is 0 Å². The predicted molar refractivity (Wildman–Crippen MR) is 122 cm³/mol. The zero-order valence-corrected chi connectivity index (χ0v) is 17.6. The third kappa shape index (κ3) is 2.93. The van der Waals surface area contributed by atoms with Gasteiger partial charge in [0, 0.05) is 49.5 Å². The standard InChI is InChI=1S/C22H20N6OS/c1-13-10-14-11-15(4-5-18(14)28(13)22(29)23-2)26-16-6-7-24-17-12-19(30-20(16)17)21-25-8-9-27(21)3/h4-12H,1-3H3,(H,23,29)(H,24,26). The number of pyridine rings is 1. The van der Waals surface area contributed by atoms with E-state index in [0.29, 0.717) is 0 Å². The average molecular weight is 417 g/mol. The number of hydrogen-bond donors (Lipinski definition) is 2. The summed E-state index contributed by atoms with van der Waals surface area (Å²) in [4.78, 5) is 22.2. The number of imidazole rings is 1. The highest BCUT2D eigenvalue weighted by Crippen LogP contribution is 2.37. The van der Waals surface area contributed by atoms with Crippen LogP contribution in [0.5, 0.6) is 0 Å². The molecule has 8 heteroatoms. The Bertz CT molecular complexity index is 1410. The lowest BCUT2D eigenvalue weighted by Gasteiger charge is -2.09. The van der Waals surface area contributed by atoms with Crippen molar-refractivity contribution in [2.45, 2.75) is 6.92 Å². The van der Waals surface area contributed by atoms with Crippen LogP contribution < -0.4 is 10.6 Å². The Morgan fingerprint density at radius 3 is 2.73 bits per heavy atom. The van der Waals surface area contributed by atoms with Crippen LogP contribution in [0.1, 0.15) is 5.69 Å². The number of rotatable bonds is 3. The van der Waals surface area contributed by atoms with Crippen molar-refractivity contribution < 1.29 is 4.79 Å². The molecule has 4 aromatic heterocycles. The van der Waals surface area contributed by atoms with Crippen LogP contribution in [0, 0.1) is 6.92 Å². The topological polar surface area (TPSA) is 76.8 Å². The highest BCUT2D eigenvalue weighted by molar-refractivity contribution is 7.22. The van der Waals surface area contributed by atoms with Crippen LogP contribution in [0.3, 0.4) is 0 Å². The van der Waals surface area contributed by atoms with Crippen molar-refractivity contribution in [1.29, 1.82) is 0 Å². The van der Waals surface area contributed by atoms with Crippen molar-refractivity contribution in [2.75, 3.05) is 12.4 Å². The summed E-state index contributed by atoms with van der Waals surface area (Å²) in [5.74, 6) is 0.927. The second-order valence-corrected chi connectivity index (χ2v) is 8.17.